The molecule has 0 aliphatic carbocycles. The Kier molecular flexibility index (Phi) is 6.97. The Bertz CT molecular complexity index is 765. The highest BCUT2D eigenvalue weighted by atomic mass is 19.1. The van der Waals surface area contributed by atoms with Crippen LogP contribution in [0.25, 0.3) is 0 Å². The van der Waals surface area contributed by atoms with Crippen LogP contribution >= 0.6 is 0 Å². The number of quaternary nitrogens is 1. The van der Waals surface area contributed by atoms with E-state index in [1.807, 2.05) is 26.1 Å². The zero-order valence-corrected chi connectivity index (χ0v) is 15.7. The number of aryl methyl sites for hydroxylation is 1. The van der Waals surface area contributed by atoms with Crippen LogP contribution in [0.15, 0.2) is 36.4 Å². The van der Waals surface area contributed by atoms with E-state index >= 15 is 0 Å². The Morgan fingerprint density at radius 2 is 1.77 bits per heavy atom. The van der Waals surface area contributed by atoms with Crippen LogP contribution in [0.5, 0.6) is 11.5 Å². The molecule has 140 valence electrons. The van der Waals surface area contributed by atoms with Crippen LogP contribution in [0, 0.1) is 12.7 Å². The molecule has 1 unspecified atom stereocenters. The van der Waals surface area contributed by atoms with Gasteiger partial charge in [0.1, 0.15) is 12.4 Å². The van der Waals surface area contributed by atoms with Crippen LogP contribution in [-0.2, 0) is 17.9 Å². The molecule has 0 aromatic heterocycles. The second-order valence-corrected chi connectivity index (χ2v) is 6.31. The van der Waals surface area contributed by atoms with Crippen molar-refractivity contribution in [3.63, 3.8) is 0 Å². The molecule has 6 heteroatoms. The van der Waals surface area contributed by atoms with Crippen LogP contribution in [0.1, 0.15) is 16.7 Å². The summed E-state index contributed by atoms with van der Waals surface area (Å²) in [6, 6.07) is 10.3. The highest BCUT2D eigenvalue weighted by molar-refractivity contribution is 5.76. The standard InChI is InChI=1S/C20H25FN2O3/c1-14-9-18(25-3)19(26-4)10-16(14)12-23(2)13-20(24)22-11-15-7-5-6-8-17(15)21/h5-10H,11-13H2,1-4H3,(H,22,24)/p+1. The first-order valence-corrected chi connectivity index (χ1v) is 8.47. The average Bonchev–Trinajstić information content (AvgIpc) is 2.62. The highest BCUT2D eigenvalue weighted by Crippen LogP contribution is 2.29. The maximum atomic E-state index is 13.6. The number of ether oxygens (including phenoxy) is 2. The molecular formula is C20H26FN2O3+. The Hall–Kier alpha value is -2.60. The summed E-state index contributed by atoms with van der Waals surface area (Å²) >= 11 is 0. The molecule has 0 fully saturated rings. The van der Waals surface area contributed by atoms with Gasteiger partial charge in [-0.25, -0.2) is 4.39 Å². The molecule has 2 N–H and O–H groups in total. The Balaban J connectivity index is 1.92. The fraction of sp³-hybridized carbons (Fsp3) is 0.350. The van der Waals surface area contributed by atoms with E-state index < -0.39 is 0 Å². The van der Waals surface area contributed by atoms with Gasteiger partial charge in [0.15, 0.2) is 18.0 Å². The van der Waals surface area contributed by atoms with Gasteiger partial charge in [-0.15, -0.1) is 0 Å². The number of hydrogen-bond donors (Lipinski definition) is 2. The van der Waals surface area contributed by atoms with Gasteiger partial charge in [-0.3, -0.25) is 4.79 Å². The fourth-order valence-electron chi connectivity index (χ4n) is 2.77. The highest BCUT2D eigenvalue weighted by Gasteiger charge is 2.15. The van der Waals surface area contributed by atoms with Crippen LogP contribution in [0.4, 0.5) is 4.39 Å². The molecule has 2 aromatic rings. The molecule has 0 saturated heterocycles. The molecular weight excluding hydrogens is 335 g/mol. The Morgan fingerprint density at radius 1 is 1.12 bits per heavy atom. The first kappa shape index (κ1) is 19.7. The van der Waals surface area contributed by atoms with Crippen molar-refractivity contribution in [2.45, 2.75) is 20.0 Å². The zero-order valence-electron chi connectivity index (χ0n) is 15.7. The van der Waals surface area contributed by atoms with Crippen molar-refractivity contribution in [1.82, 2.24) is 5.32 Å². The molecule has 2 aromatic carbocycles. The maximum absolute atomic E-state index is 13.6. The summed E-state index contributed by atoms with van der Waals surface area (Å²) in [7, 11) is 5.15. The molecule has 0 radical (unpaired) electrons. The molecule has 1 amide bonds. The summed E-state index contributed by atoms with van der Waals surface area (Å²) < 4.78 is 24.2. The van der Waals surface area contributed by atoms with Gasteiger partial charge in [0.2, 0.25) is 0 Å². The minimum atomic E-state index is -0.311. The minimum Gasteiger partial charge on any atom is -0.493 e. The van der Waals surface area contributed by atoms with Crippen molar-refractivity contribution in [3.05, 3.63) is 58.9 Å². The third kappa shape index (κ3) is 5.20. The molecule has 0 aliphatic rings. The van der Waals surface area contributed by atoms with Crippen LogP contribution in [0.3, 0.4) is 0 Å². The smallest absolute Gasteiger partial charge is 0.275 e. The summed E-state index contributed by atoms with van der Waals surface area (Å²) in [4.78, 5) is 13.2. The molecule has 0 saturated carbocycles. The number of hydrogen-bond acceptors (Lipinski definition) is 3. The maximum Gasteiger partial charge on any atom is 0.275 e. The topological polar surface area (TPSA) is 52.0 Å². The van der Waals surface area contributed by atoms with Crippen LogP contribution < -0.4 is 19.7 Å². The summed E-state index contributed by atoms with van der Waals surface area (Å²) in [6.45, 7) is 3.15. The van der Waals surface area contributed by atoms with Gasteiger partial charge >= 0.3 is 0 Å². The summed E-state index contributed by atoms with van der Waals surface area (Å²) in [5.41, 5.74) is 2.64. The van der Waals surface area contributed by atoms with Gasteiger partial charge in [0, 0.05) is 17.7 Å². The van der Waals surface area contributed by atoms with E-state index in [4.69, 9.17) is 9.47 Å². The number of carbonyl (C=O) groups is 1. The lowest BCUT2D eigenvalue weighted by Gasteiger charge is -2.17. The molecule has 0 heterocycles. The number of amides is 1. The van der Waals surface area contributed by atoms with Gasteiger partial charge in [-0.2, -0.15) is 0 Å². The third-order valence-corrected chi connectivity index (χ3v) is 4.23. The first-order valence-electron chi connectivity index (χ1n) is 8.47. The largest absolute Gasteiger partial charge is 0.493 e. The van der Waals surface area contributed by atoms with Crippen molar-refractivity contribution >= 4 is 5.91 Å². The van der Waals surface area contributed by atoms with Crippen molar-refractivity contribution in [3.8, 4) is 11.5 Å². The van der Waals surface area contributed by atoms with Crippen LogP contribution in [-0.4, -0.2) is 33.7 Å². The summed E-state index contributed by atoms with van der Waals surface area (Å²) in [5.74, 6) is 0.928. The molecule has 0 spiro atoms. The van der Waals surface area contributed by atoms with Gasteiger partial charge < -0.3 is 19.7 Å². The molecule has 26 heavy (non-hydrogen) atoms. The van der Waals surface area contributed by atoms with Crippen molar-refractivity contribution in [2.24, 2.45) is 0 Å². The monoisotopic (exact) mass is 361 g/mol. The fourth-order valence-corrected chi connectivity index (χ4v) is 2.77. The van der Waals surface area contributed by atoms with Crippen molar-refractivity contribution in [2.75, 3.05) is 27.8 Å². The van der Waals surface area contributed by atoms with Gasteiger partial charge in [-0.05, 0) is 30.7 Å². The SMILES string of the molecule is COc1cc(C)c(C[NH+](C)CC(=O)NCc2ccccc2F)cc1OC. The molecule has 1 atom stereocenters. The molecule has 5 nitrogen and oxygen atoms in total. The van der Waals surface area contributed by atoms with E-state index in [0.717, 1.165) is 16.0 Å². The lowest BCUT2D eigenvalue weighted by molar-refractivity contribution is -0.885. The van der Waals surface area contributed by atoms with Gasteiger partial charge in [0.25, 0.3) is 5.91 Å². The Labute approximate surface area is 153 Å². The lowest BCUT2D eigenvalue weighted by atomic mass is 10.1. The third-order valence-electron chi connectivity index (χ3n) is 4.23. The predicted molar refractivity (Wildman–Crippen MR) is 98.0 cm³/mol. The number of nitrogens with one attached hydrogen (secondary N) is 2. The van der Waals surface area contributed by atoms with E-state index in [9.17, 15) is 9.18 Å². The zero-order chi connectivity index (χ0) is 19.1. The lowest BCUT2D eigenvalue weighted by Crippen LogP contribution is -3.08. The first-order chi connectivity index (χ1) is 12.4. The quantitative estimate of drug-likeness (QED) is 0.749. The van der Waals surface area contributed by atoms with Crippen molar-refractivity contribution < 1.29 is 23.6 Å². The van der Waals surface area contributed by atoms with E-state index in [2.05, 4.69) is 5.32 Å². The van der Waals surface area contributed by atoms with Gasteiger partial charge in [0.05, 0.1) is 21.3 Å². The number of likely N-dealkylation sites (N-methyl/N-ethyl adjacent to an activating group) is 1. The number of benzene rings is 2. The number of methoxy groups -OCH3 is 2. The average molecular weight is 361 g/mol. The van der Waals surface area contributed by atoms with E-state index in [1.54, 1.807) is 32.4 Å². The van der Waals surface area contributed by atoms with Gasteiger partial charge in [-0.1, -0.05) is 18.2 Å². The molecule has 0 aliphatic heterocycles. The van der Waals surface area contributed by atoms with Crippen molar-refractivity contribution in [1.29, 1.82) is 0 Å². The number of carbonyl (C=O) groups excluding carboxylic acids is 1. The normalized spacial score (nSPS) is 11.7. The molecule has 2 rings (SSSR count). The Morgan fingerprint density at radius 3 is 2.42 bits per heavy atom. The second kappa shape index (κ2) is 9.20. The predicted octanol–water partition coefficient (Wildman–Crippen LogP) is 1.48. The van der Waals surface area contributed by atoms with E-state index in [-0.39, 0.29) is 18.3 Å². The van der Waals surface area contributed by atoms with E-state index in [0.29, 0.717) is 30.2 Å². The summed E-state index contributed by atoms with van der Waals surface area (Å²) in [5, 5.41) is 2.77. The minimum absolute atomic E-state index is 0.121. The van der Waals surface area contributed by atoms with E-state index in [1.165, 1.54) is 6.07 Å². The van der Waals surface area contributed by atoms with Crippen LogP contribution in [0.2, 0.25) is 0 Å². The molecule has 0 bridgehead atoms. The number of halogens is 1. The summed E-state index contributed by atoms with van der Waals surface area (Å²) in [6.07, 6.45) is 0. The second-order valence-electron chi connectivity index (χ2n) is 6.31. The number of rotatable bonds is 8.